The first kappa shape index (κ1) is 47.5. The van der Waals surface area contributed by atoms with Crippen molar-refractivity contribution in [1.29, 1.82) is 0 Å². The Kier molecular flexibility index (Phi) is 33.7. The normalized spacial score (nSPS) is 11.3. The van der Waals surface area contributed by atoms with Gasteiger partial charge in [0.1, 0.15) is 5.69 Å². The number of nitro benzene ring substituents is 2. The Labute approximate surface area is 311 Å². The van der Waals surface area contributed by atoms with Crippen LogP contribution in [0.15, 0.2) is 18.2 Å². The lowest BCUT2D eigenvalue weighted by atomic mass is 10.0. The maximum Gasteiger partial charge on any atom is 0.299 e. The van der Waals surface area contributed by atoms with Crippen molar-refractivity contribution in [1.82, 2.24) is 0 Å². The van der Waals surface area contributed by atoms with Gasteiger partial charge in [0.15, 0.2) is 0 Å². The average molecular weight is 746 g/mol. The summed E-state index contributed by atoms with van der Waals surface area (Å²) < 4.78 is 44.0. The first-order valence-electron chi connectivity index (χ1n) is 19.3. The Bertz CT molecular complexity index is 976. The van der Waals surface area contributed by atoms with Gasteiger partial charge in [0.05, 0.1) is 115 Å². The van der Waals surface area contributed by atoms with Crippen molar-refractivity contribution >= 4 is 17.1 Å². The fourth-order valence-corrected chi connectivity index (χ4v) is 5.06. The minimum Gasteiger partial charge on any atom is -0.379 e. The van der Waals surface area contributed by atoms with E-state index < -0.39 is 9.85 Å². The van der Waals surface area contributed by atoms with E-state index in [4.69, 9.17) is 37.9 Å². The van der Waals surface area contributed by atoms with Crippen molar-refractivity contribution in [3.8, 4) is 0 Å². The van der Waals surface area contributed by atoms with Crippen molar-refractivity contribution in [2.45, 2.75) is 90.4 Å². The van der Waals surface area contributed by atoms with Gasteiger partial charge in [-0.05, 0) is 12.5 Å². The molecule has 0 amide bonds. The van der Waals surface area contributed by atoms with Crippen LogP contribution in [0.2, 0.25) is 0 Å². The molecule has 0 aliphatic carbocycles. The van der Waals surface area contributed by atoms with E-state index in [2.05, 4.69) is 12.2 Å². The summed E-state index contributed by atoms with van der Waals surface area (Å²) in [4.78, 5) is 20.6. The third-order valence-electron chi connectivity index (χ3n) is 7.95. The van der Waals surface area contributed by atoms with Gasteiger partial charge in [-0.1, -0.05) is 84.0 Å². The van der Waals surface area contributed by atoms with E-state index in [0.29, 0.717) is 99.0 Å². The van der Waals surface area contributed by atoms with E-state index >= 15 is 0 Å². The van der Waals surface area contributed by atoms with E-state index in [9.17, 15) is 20.2 Å². The Morgan fingerprint density at radius 3 is 1.17 bits per heavy atom. The number of benzene rings is 1. The summed E-state index contributed by atoms with van der Waals surface area (Å²) in [6, 6.07) is 3.45. The fraction of sp³-hybridized carbons (Fsp3) is 0.838. The second-order valence-electron chi connectivity index (χ2n) is 12.3. The maximum atomic E-state index is 11.2. The van der Waals surface area contributed by atoms with Crippen LogP contribution in [-0.4, -0.2) is 122 Å². The maximum absolute atomic E-state index is 11.2. The third-order valence-corrected chi connectivity index (χ3v) is 7.95. The number of nitrogens with zero attached hydrogens (tertiary/aromatic N) is 2. The van der Waals surface area contributed by atoms with Gasteiger partial charge < -0.3 is 43.2 Å². The van der Waals surface area contributed by atoms with E-state index in [-0.39, 0.29) is 23.7 Å². The van der Waals surface area contributed by atoms with Gasteiger partial charge in [-0.3, -0.25) is 20.2 Å². The lowest BCUT2D eigenvalue weighted by molar-refractivity contribution is -0.393. The molecule has 15 heteroatoms. The van der Waals surface area contributed by atoms with Crippen LogP contribution in [-0.2, 0) is 37.9 Å². The second kappa shape index (κ2) is 36.8. The zero-order valence-electron chi connectivity index (χ0n) is 31.7. The highest BCUT2D eigenvalue weighted by molar-refractivity contribution is 5.65. The minimum atomic E-state index is -0.675. The molecule has 0 fully saturated rings. The molecular weight excluding hydrogens is 678 g/mol. The Hall–Kier alpha value is -2.50. The molecule has 0 heterocycles. The highest BCUT2D eigenvalue weighted by Crippen LogP contribution is 2.28. The number of non-ortho nitro benzene ring substituents is 1. The lowest BCUT2D eigenvalue weighted by Crippen LogP contribution is -2.15. The second-order valence-corrected chi connectivity index (χ2v) is 12.3. The van der Waals surface area contributed by atoms with Crippen LogP contribution < -0.4 is 5.32 Å². The highest BCUT2D eigenvalue weighted by Gasteiger charge is 2.19. The number of anilines is 1. The van der Waals surface area contributed by atoms with E-state index in [1.807, 2.05) is 0 Å². The van der Waals surface area contributed by atoms with E-state index in [1.54, 1.807) is 0 Å². The van der Waals surface area contributed by atoms with Crippen LogP contribution in [0.4, 0.5) is 17.1 Å². The van der Waals surface area contributed by atoms with Crippen LogP contribution in [0.1, 0.15) is 90.4 Å². The minimum absolute atomic E-state index is 0.192. The molecule has 0 unspecified atom stereocenters. The molecule has 0 saturated heterocycles. The molecule has 302 valence electrons. The number of ether oxygens (including phenoxy) is 8. The average Bonchev–Trinajstić information content (AvgIpc) is 3.14. The summed E-state index contributed by atoms with van der Waals surface area (Å²) in [6.45, 7) is 10.4. The zero-order chi connectivity index (χ0) is 37.6. The van der Waals surface area contributed by atoms with Crippen LogP contribution in [0.25, 0.3) is 0 Å². The largest absolute Gasteiger partial charge is 0.379 e. The lowest BCUT2D eigenvalue weighted by Gasteiger charge is -2.09. The van der Waals surface area contributed by atoms with Crippen LogP contribution >= 0.6 is 0 Å². The number of unbranched alkanes of at least 4 members (excludes halogenated alkanes) is 12. The van der Waals surface area contributed by atoms with Crippen LogP contribution in [0.3, 0.4) is 0 Å². The zero-order valence-corrected chi connectivity index (χ0v) is 31.7. The molecular formula is C37H67N3O12. The van der Waals surface area contributed by atoms with Crippen molar-refractivity contribution < 1.29 is 47.7 Å². The number of nitro groups is 2. The predicted molar refractivity (Wildman–Crippen MR) is 200 cm³/mol. The van der Waals surface area contributed by atoms with Gasteiger partial charge in [-0.15, -0.1) is 0 Å². The number of rotatable bonds is 41. The molecule has 0 bridgehead atoms. The Balaban J connectivity index is 1.70. The predicted octanol–water partition coefficient (Wildman–Crippen LogP) is 7.14. The van der Waals surface area contributed by atoms with Crippen molar-refractivity contribution in [2.75, 3.05) is 118 Å². The fourth-order valence-electron chi connectivity index (χ4n) is 5.06. The Morgan fingerprint density at radius 1 is 0.462 bits per heavy atom. The first-order chi connectivity index (χ1) is 25.6. The first-order valence-corrected chi connectivity index (χ1v) is 19.3. The summed E-state index contributed by atoms with van der Waals surface area (Å²) in [5, 5.41) is 24.8. The number of hydrogen-bond acceptors (Lipinski definition) is 13. The number of nitrogens with one attached hydrogen (secondary N) is 1. The molecule has 1 aromatic rings. The van der Waals surface area contributed by atoms with E-state index in [0.717, 1.165) is 19.1 Å². The summed E-state index contributed by atoms with van der Waals surface area (Å²) in [6.07, 6.45) is 17.6. The van der Waals surface area contributed by atoms with Crippen molar-refractivity contribution in [3.05, 3.63) is 38.4 Å². The third kappa shape index (κ3) is 30.0. The summed E-state index contributed by atoms with van der Waals surface area (Å²) in [5.41, 5.74) is -0.507. The van der Waals surface area contributed by atoms with Gasteiger partial charge in [-0.2, -0.15) is 0 Å². The SMILES string of the molecule is CCCCCCCCCCCCCCCOCCOCCOCCOCCOCCOCCOCCOCCNc1ccc([N+](=O)[O-])cc1[N+](=O)[O-]. The summed E-state index contributed by atoms with van der Waals surface area (Å²) in [5.74, 6) is 0. The van der Waals surface area contributed by atoms with Gasteiger partial charge in [0.25, 0.3) is 11.4 Å². The summed E-state index contributed by atoms with van der Waals surface area (Å²) in [7, 11) is 0. The molecule has 15 nitrogen and oxygen atoms in total. The Morgan fingerprint density at radius 2 is 0.808 bits per heavy atom. The topological polar surface area (TPSA) is 172 Å². The molecule has 52 heavy (non-hydrogen) atoms. The van der Waals surface area contributed by atoms with Crippen LogP contribution in [0.5, 0.6) is 0 Å². The molecule has 0 aliphatic rings. The highest BCUT2D eigenvalue weighted by atomic mass is 16.6. The van der Waals surface area contributed by atoms with Gasteiger partial charge in [0.2, 0.25) is 0 Å². The molecule has 1 N–H and O–H groups in total. The monoisotopic (exact) mass is 745 g/mol. The van der Waals surface area contributed by atoms with Crippen molar-refractivity contribution in [2.24, 2.45) is 0 Å². The molecule has 0 aromatic heterocycles. The molecule has 0 spiro atoms. The van der Waals surface area contributed by atoms with Gasteiger partial charge >= 0.3 is 0 Å². The molecule has 0 aliphatic heterocycles. The quantitative estimate of drug-likeness (QED) is 0.0408. The number of hydrogen-bond donors (Lipinski definition) is 1. The molecule has 1 aromatic carbocycles. The van der Waals surface area contributed by atoms with Gasteiger partial charge in [0, 0.05) is 19.2 Å². The molecule has 0 saturated carbocycles. The molecule has 1 rings (SSSR count). The summed E-state index contributed by atoms with van der Waals surface area (Å²) >= 11 is 0. The standard InChI is InChI=1S/C37H67N3O12/c1-2-3-4-5-6-7-8-9-10-11-12-13-14-18-45-20-22-47-24-26-49-28-30-51-32-33-52-31-29-50-27-25-48-23-21-46-19-17-38-36-16-15-35(39(41)42)34-37(36)40(43)44/h15-16,34,38H,2-14,17-33H2,1H3. The van der Waals surface area contributed by atoms with Crippen molar-refractivity contribution in [3.63, 3.8) is 0 Å². The van der Waals surface area contributed by atoms with Gasteiger partial charge in [-0.25, -0.2) is 0 Å². The molecule has 0 atom stereocenters. The smallest absolute Gasteiger partial charge is 0.299 e. The molecule has 0 radical (unpaired) electrons. The van der Waals surface area contributed by atoms with E-state index in [1.165, 1.54) is 89.2 Å². The van der Waals surface area contributed by atoms with Crippen LogP contribution in [0, 0.1) is 20.2 Å².